The molecule has 3 N–H and O–H groups in total. The molecule has 1 aromatic carbocycles. The fourth-order valence-corrected chi connectivity index (χ4v) is 1.82. The molecule has 2 rings (SSSR count). The van der Waals surface area contributed by atoms with E-state index in [0.717, 1.165) is 0 Å². The van der Waals surface area contributed by atoms with Crippen molar-refractivity contribution in [3.05, 3.63) is 35.1 Å². The standard InChI is InChI=1S/C11H10ClFN4S/c1-18-11-16-9(14)5-10(17-11)15-6-2-3-7(12)8(13)4-6/h2-5H,1H3,(H3,14,15,16,17). The second kappa shape index (κ2) is 5.41. The topological polar surface area (TPSA) is 63.8 Å². The zero-order valence-electron chi connectivity index (χ0n) is 9.45. The minimum Gasteiger partial charge on any atom is -0.383 e. The molecule has 1 aromatic heterocycles. The molecule has 0 aliphatic heterocycles. The van der Waals surface area contributed by atoms with Gasteiger partial charge in [-0.05, 0) is 24.5 Å². The summed E-state index contributed by atoms with van der Waals surface area (Å²) >= 11 is 6.98. The highest BCUT2D eigenvalue weighted by Gasteiger charge is 2.04. The van der Waals surface area contributed by atoms with E-state index in [2.05, 4.69) is 15.3 Å². The molecule has 0 amide bonds. The Bertz CT molecular complexity index is 579. The summed E-state index contributed by atoms with van der Waals surface area (Å²) < 4.78 is 13.3. The van der Waals surface area contributed by atoms with E-state index >= 15 is 0 Å². The lowest BCUT2D eigenvalue weighted by molar-refractivity contribution is 0.629. The molecule has 2 aromatic rings. The summed E-state index contributed by atoms with van der Waals surface area (Å²) in [5.74, 6) is 0.369. The van der Waals surface area contributed by atoms with Crippen LogP contribution in [0, 0.1) is 5.82 Å². The number of halogens is 2. The van der Waals surface area contributed by atoms with E-state index in [9.17, 15) is 4.39 Å². The molecule has 1 heterocycles. The highest BCUT2D eigenvalue weighted by atomic mass is 35.5. The summed E-state index contributed by atoms with van der Waals surface area (Å²) in [6.07, 6.45) is 1.85. The third-order valence-electron chi connectivity index (χ3n) is 2.10. The molecule has 7 heteroatoms. The molecule has 0 unspecified atom stereocenters. The number of rotatable bonds is 3. The summed E-state index contributed by atoms with van der Waals surface area (Å²) in [5.41, 5.74) is 6.19. The minimum atomic E-state index is -0.492. The number of benzene rings is 1. The number of nitrogens with one attached hydrogen (secondary N) is 1. The molecule has 94 valence electrons. The Labute approximate surface area is 113 Å². The Kier molecular flexibility index (Phi) is 3.88. The number of thioether (sulfide) groups is 1. The second-order valence-corrected chi connectivity index (χ2v) is 4.60. The van der Waals surface area contributed by atoms with Crippen molar-refractivity contribution in [3.8, 4) is 0 Å². The van der Waals surface area contributed by atoms with Gasteiger partial charge in [-0.15, -0.1) is 0 Å². The van der Waals surface area contributed by atoms with Crippen LogP contribution in [0.15, 0.2) is 29.4 Å². The number of anilines is 3. The first-order chi connectivity index (χ1) is 8.58. The fourth-order valence-electron chi connectivity index (χ4n) is 1.32. The average Bonchev–Trinajstić information content (AvgIpc) is 2.33. The summed E-state index contributed by atoms with van der Waals surface area (Å²) in [6.45, 7) is 0. The molecular formula is C11H10ClFN4S. The van der Waals surface area contributed by atoms with Gasteiger partial charge in [0.2, 0.25) is 0 Å². The first kappa shape index (κ1) is 12.9. The Morgan fingerprint density at radius 1 is 1.33 bits per heavy atom. The smallest absolute Gasteiger partial charge is 0.191 e. The molecule has 18 heavy (non-hydrogen) atoms. The first-order valence-corrected chi connectivity index (χ1v) is 6.59. The SMILES string of the molecule is CSc1nc(N)cc(Nc2ccc(Cl)c(F)c2)n1. The third kappa shape index (κ3) is 3.02. The molecular weight excluding hydrogens is 275 g/mol. The predicted octanol–water partition coefficient (Wildman–Crippen LogP) is 3.32. The van der Waals surface area contributed by atoms with E-state index in [0.29, 0.717) is 22.5 Å². The van der Waals surface area contributed by atoms with E-state index < -0.39 is 5.82 Å². The maximum absolute atomic E-state index is 13.3. The van der Waals surface area contributed by atoms with Crippen LogP contribution < -0.4 is 11.1 Å². The lowest BCUT2D eigenvalue weighted by atomic mass is 10.3. The lowest BCUT2D eigenvalue weighted by Crippen LogP contribution is -2.00. The molecule has 0 saturated carbocycles. The van der Waals surface area contributed by atoms with E-state index in [1.165, 1.54) is 23.9 Å². The first-order valence-electron chi connectivity index (χ1n) is 4.99. The van der Waals surface area contributed by atoms with Gasteiger partial charge < -0.3 is 11.1 Å². The molecule has 0 saturated heterocycles. The lowest BCUT2D eigenvalue weighted by Gasteiger charge is -2.07. The molecule has 4 nitrogen and oxygen atoms in total. The third-order valence-corrected chi connectivity index (χ3v) is 2.95. The average molecular weight is 285 g/mol. The number of nitrogens with two attached hydrogens (primary N) is 1. The van der Waals surface area contributed by atoms with E-state index in [1.54, 1.807) is 12.1 Å². The van der Waals surface area contributed by atoms with Crippen LogP contribution in [0.25, 0.3) is 0 Å². The van der Waals surface area contributed by atoms with Crippen molar-refractivity contribution in [1.29, 1.82) is 0 Å². The Hall–Kier alpha value is -1.53. The van der Waals surface area contributed by atoms with Crippen molar-refractivity contribution in [1.82, 2.24) is 9.97 Å². The summed E-state index contributed by atoms with van der Waals surface area (Å²) in [6, 6.07) is 5.99. The van der Waals surface area contributed by atoms with E-state index in [4.69, 9.17) is 17.3 Å². The molecule has 0 atom stereocenters. The zero-order valence-corrected chi connectivity index (χ0v) is 11.0. The van der Waals surface area contributed by atoms with Gasteiger partial charge in [0.1, 0.15) is 17.5 Å². The van der Waals surface area contributed by atoms with Crippen LogP contribution in [0.4, 0.5) is 21.7 Å². The van der Waals surface area contributed by atoms with Crippen molar-refractivity contribution in [2.45, 2.75) is 5.16 Å². The van der Waals surface area contributed by atoms with Gasteiger partial charge >= 0.3 is 0 Å². The van der Waals surface area contributed by atoms with Crippen LogP contribution in [-0.2, 0) is 0 Å². The van der Waals surface area contributed by atoms with Gasteiger partial charge in [0.25, 0.3) is 0 Å². The van der Waals surface area contributed by atoms with E-state index in [-0.39, 0.29) is 5.02 Å². The molecule has 0 bridgehead atoms. The molecule has 0 aliphatic rings. The largest absolute Gasteiger partial charge is 0.383 e. The molecule has 0 aliphatic carbocycles. The fraction of sp³-hybridized carbons (Fsp3) is 0.0909. The van der Waals surface area contributed by atoms with Crippen LogP contribution in [0.2, 0.25) is 5.02 Å². The van der Waals surface area contributed by atoms with Crippen LogP contribution in [0.1, 0.15) is 0 Å². The monoisotopic (exact) mass is 284 g/mol. The van der Waals surface area contributed by atoms with Gasteiger partial charge in [0.15, 0.2) is 5.16 Å². The highest BCUT2D eigenvalue weighted by Crippen LogP contribution is 2.23. The number of hydrogen-bond acceptors (Lipinski definition) is 5. The summed E-state index contributed by atoms with van der Waals surface area (Å²) in [4.78, 5) is 8.22. The molecule has 0 radical (unpaired) electrons. The maximum Gasteiger partial charge on any atom is 0.191 e. The van der Waals surface area contributed by atoms with Gasteiger partial charge in [-0.3, -0.25) is 0 Å². The number of nitrogens with zero attached hydrogens (tertiary/aromatic N) is 2. The van der Waals surface area contributed by atoms with Crippen LogP contribution in [0.5, 0.6) is 0 Å². The number of aromatic nitrogens is 2. The van der Waals surface area contributed by atoms with Gasteiger partial charge in [0, 0.05) is 11.8 Å². The van der Waals surface area contributed by atoms with Gasteiger partial charge in [-0.1, -0.05) is 23.4 Å². The van der Waals surface area contributed by atoms with Gasteiger partial charge in [-0.25, -0.2) is 14.4 Å². The normalized spacial score (nSPS) is 10.4. The van der Waals surface area contributed by atoms with Crippen molar-refractivity contribution in [2.75, 3.05) is 17.3 Å². The Morgan fingerprint density at radius 2 is 2.11 bits per heavy atom. The minimum absolute atomic E-state index is 0.0764. The summed E-state index contributed by atoms with van der Waals surface area (Å²) in [7, 11) is 0. The second-order valence-electron chi connectivity index (χ2n) is 3.42. The number of nitrogen functional groups attached to an aromatic ring is 1. The van der Waals surface area contributed by atoms with Crippen LogP contribution in [0.3, 0.4) is 0 Å². The highest BCUT2D eigenvalue weighted by molar-refractivity contribution is 7.98. The van der Waals surface area contributed by atoms with Crippen molar-refractivity contribution in [3.63, 3.8) is 0 Å². The Morgan fingerprint density at radius 3 is 2.78 bits per heavy atom. The van der Waals surface area contributed by atoms with Crippen molar-refractivity contribution < 1.29 is 4.39 Å². The van der Waals surface area contributed by atoms with Gasteiger partial charge in [0.05, 0.1) is 5.02 Å². The zero-order chi connectivity index (χ0) is 13.1. The predicted molar refractivity (Wildman–Crippen MR) is 72.9 cm³/mol. The van der Waals surface area contributed by atoms with Crippen LogP contribution in [-0.4, -0.2) is 16.2 Å². The van der Waals surface area contributed by atoms with E-state index in [1.807, 2.05) is 6.26 Å². The molecule has 0 spiro atoms. The Balaban J connectivity index is 2.27. The van der Waals surface area contributed by atoms with Crippen molar-refractivity contribution in [2.24, 2.45) is 0 Å². The van der Waals surface area contributed by atoms with Crippen LogP contribution >= 0.6 is 23.4 Å². The van der Waals surface area contributed by atoms with Gasteiger partial charge in [-0.2, -0.15) is 0 Å². The maximum atomic E-state index is 13.3. The number of hydrogen-bond donors (Lipinski definition) is 2. The molecule has 0 fully saturated rings. The summed E-state index contributed by atoms with van der Waals surface area (Å²) in [5, 5.41) is 3.57. The quantitative estimate of drug-likeness (QED) is 0.669. The van der Waals surface area contributed by atoms with Crippen molar-refractivity contribution >= 4 is 40.7 Å².